The van der Waals surface area contributed by atoms with Gasteiger partial charge in [0.25, 0.3) is 5.91 Å². The van der Waals surface area contributed by atoms with Crippen molar-refractivity contribution in [1.82, 2.24) is 19.8 Å². The van der Waals surface area contributed by atoms with E-state index in [4.69, 9.17) is 27.9 Å². The first-order chi connectivity index (χ1) is 23.1. The highest BCUT2D eigenvalue weighted by molar-refractivity contribution is 6.37. The fraction of sp³-hybridized carbons (Fsp3) is 0.371. The zero-order valence-corrected chi connectivity index (χ0v) is 26.6. The summed E-state index contributed by atoms with van der Waals surface area (Å²) in [6.45, 7) is 12.0. The van der Waals surface area contributed by atoms with E-state index in [1.54, 1.807) is 41.3 Å². The van der Waals surface area contributed by atoms with Gasteiger partial charge in [0.1, 0.15) is 36.0 Å². The van der Waals surface area contributed by atoms with Gasteiger partial charge in [-0.3, -0.25) is 9.69 Å². The first kappa shape index (κ1) is 32.1. The van der Waals surface area contributed by atoms with E-state index in [1.165, 1.54) is 11.0 Å². The van der Waals surface area contributed by atoms with Gasteiger partial charge in [0, 0.05) is 48.9 Å². The van der Waals surface area contributed by atoms with E-state index in [0.29, 0.717) is 40.5 Å². The van der Waals surface area contributed by atoms with Crippen LogP contribution in [0.25, 0.3) is 37.6 Å². The van der Waals surface area contributed by atoms with E-state index >= 15 is 4.39 Å². The van der Waals surface area contributed by atoms with Crippen LogP contribution in [0.4, 0.5) is 23.4 Å². The molecular weight excluding hydrogens is 648 g/mol. The number of amides is 1. The van der Waals surface area contributed by atoms with Crippen LogP contribution in [0, 0.1) is 18.2 Å². The number of ether oxygens (including phenoxy) is 1. The van der Waals surface area contributed by atoms with Gasteiger partial charge in [0.15, 0.2) is 11.6 Å². The Kier molecular flexibility index (Phi) is 8.37. The van der Waals surface area contributed by atoms with Crippen LogP contribution in [-0.2, 0) is 4.79 Å². The third-order valence-corrected chi connectivity index (χ3v) is 10.2. The molecule has 0 radical (unpaired) electrons. The normalized spacial score (nSPS) is 22.7. The predicted molar refractivity (Wildman–Crippen MR) is 175 cm³/mol. The van der Waals surface area contributed by atoms with Gasteiger partial charge in [-0.15, -0.1) is 0 Å². The third-order valence-electron chi connectivity index (χ3n) is 9.80. The number of hydrogen-bond donors (Lipinski definition) is 0. The highest BCUT2D eigenvalue weighted by Gasteiger charge is 2.49. The highest BCUT2D eigenvalue weighted by Crippen LogP contribution is 2.42. The maximum absolute atomic E-state index is 16.8. The molecule has 1 aromatic heterocycles. The van der Waals surface area contributed by atoms with Crippen molar-refractivity contribution < 1.29 is 27.1 Å². The molecule has 0 saturated carbocycles. The second-order valence-electron chi connectivity index (χ2n) is 12.6. The summed E-state index contributed by atoms with van der Waals surface area (Å²) in [4.78, 5) is 30.4. The van der Waals surface area contributed by atoms with Crippen LogP contribution in [0.15, 0.2) is 54.9 Å². The Bertz CT molecular complexity index is 2010. The number of fused-ring (bicyclic) bond motifs is 3. The Morgan fingerprint density at radius 2 is 1.94 bits per heavy atom. The summed E-state index contributed by atoms with van der Waals surface area (Å²) in [5.74, 6) is -3.04. The van der Waals surface area contributed by atoms with Crippen molar-refractivity contribution >= 4 is 45.0 Å². The minimum Gasteiger partial charge on any atom is -0.461 e. The first-order valence-corrected chi connectivity index (χ1v) is 16.1. The summed E-state index contributed by atoms with van der Waals surface area (Å²) < 4.78 is 65.9. The van der Waals surface area contributed by atoms with E-state index in [9.17, 15) is 18.0 Å². The molecule has 0 aliphatic carbocycles. The molecule has 3 atom stereocenters. The van der Waals surface area contributed by atoms with Gasteiger partial charge in [-0.05, 0) is 42.5 Å². The van der Waals surface area contributed by atoms with Crippen LogP contribution in [0.3, 0.4) is 0 Å². The number of alkyl halides is 1. The van der Waals surface area contributed by atoms with Crippen molar-refractivity contribution in [2.75, 3.05) is 50.8 Å². The number of halogens is 5. The molecule has 4 heterocycles. The third kappa shape index (κ3) is 5.48. The molecule has 3 aliphatic heterocycles. The molecule has 0 spiro atoms. The van der Waals surface area contributed by atoms with Crippen LogP contribution < -0.4 is 9.64 Å². The summed E-state index contributed by atoms with van der Waals surface area (Å²) in [6.07, 6.45) is 0.999. The molecule has 0 unspecified atom stereocenters. The summed E-state index contributed by atoms with van der Waals surface area (Å²) in [5, 5.41) is 1.18. The van der Waals surface area contributed by atoms with Gasteiger partial charge < -0.3 is 19.4 Å². The number of nitrogens with zero attached hydrogens (tertiary/aromatic N) is 6. The van der Waals surface area contributed by atoms with Crippen LogP contribution in [0.1, 0.15) is 19.3 Å². The minimum absolute atomic E-state index is 0.0648. The number of rotatable bonds is 7. The molecular formula is C35H31ClF4N6O2. The SMILES string of the molecule is [C-]#[N+]C[C@H]1CN(c2nc(OC[C@@]34CCCN3C[C@H](F)C4)nc3c(F)c(-c4cccc5ccc(F)c(Cl)c45)ccc23)CCN1C(=O)C(=C)F. The van der Waals surface area contributed by atoms with Gasteiger partial charge >= 0.3 is 6.01 Å². The fourth-order valence-corrected chi connectivity index (χ4v) is 7.83. The van der Waals surface area contributed by atoms with Crippen molar-refractivity contribution in [1.29, 1.82) is 0 Å². The average molecular weight is 679 g/mol. The van der Waals surface area contributed by atoms with Crippen LogP contribution >= 0.6 is 11.6 Å². The van der Waals surface area contributed by atoms with Gasteiger partial charge in [0.2, 0.25) is 6.54 Å². The Morgan fingerprint density at radius 1 is 1.10 bits per heavy atom. The van der Waals surface area contributed by atoms with Crippen molar-refractivity contribution in [3.63, 3.8) is 0 Å². The van der Waals surface area contributed by atoms with Crippen LogP contribution in [0.5, 0.6) is 6.01 Å². The Morgan fingerprint density at radius 3 is 2.73 bits per heavy atom. The fourth-order valence-electron chi connectivity index (χ4n) is 7.55. The first-order valence-electron chi connectivity index (χ1n) is 15.7. The summed E-state index contributed by atoms with van der Waals surface area (Å²) in [7, 11) is 0. The van der Waals surface area contributed by atoms with Crippen molar-refractivity contribution in [2.24, 2.45) is 0 Å². The maximum Gasteiger partial charge on any atom is 0.319 e. The number of anilines is 1. The molecule has 3 saturated heterocycles. The van der Waals surface area contributed by atoms with E-state index < -0.39 is 41.1 Å². The lowest BCUT2D eigenvalue weighted by atomic mass is 9.95. The Labute approximate surface area is 279 Å². The average Bonchev–Trinajstić information content (AvgIpc) is 3.60. The number of benzene rings is 3. The van der Waals surface area contributed by atoms with E-state index in [-0.39, 0.29) is 54.9 Å². The molecule has 8 nitrogen and oxygen atoms in total. The van der Waals surface area contributed by atoms with E-state index in [1.807, 2.05) is 0 Å². The smallest absolute Gasteiger partial charge is 0.319 e. The molecule has 1 amide bonds. The number of hydrogen-bond acceptors (Lipinski definition) is 6. The topological polar surface area (TPSA) is 66.2 Å². The van der Waals surface area contributed by atoms with E-state index in [0.717, 1.165) is 19.4 Å². The van der Waals surface area contributed by atoms with Crippen LogP contribution in [-0.4, -0.2) is 89.3 Å². The summed E-state index contributed by atoms with van der Waals surface area (Å²) in [5.41, 5.74) is -0.0699. The molecule has 3 aliphatic rings. The second kappa shape index (κ2) is 12.5. The van der Waals surface area contributed by atoms with Crippen molar-refractivity contribution in [3.05, 3.63) is 82.9 Å². The molecule has 3 aromatic carbocycles. The highest BCUT2D eigenvalue weighted by atomic mass is 35.5. The molecule has 3 fully saturated rings. The summed E-state index contributed by atoms with van der Waals surface area (Å²) in [6, 6.07) is 10.4. The molecule has 7 rings (SSSR count). The van der Waals surface area contributed by atoms with Crippen molar-refractivity contribution in [3.8, 4) is 17.1 Å². The minimum atomic E-state index is -1.12. The lowest BCUT2D eigenvalue weighted by molar-refractivity contribution is -0.131. The largest absolute Gasteiger partial charge is 0.461 e. The van der Waals surface area contributed by atoms with Gasteiger partial charge in [-0.2, -0.15) is 9.97 Å². The lowest BCUT2D eigenvalue weighted by Crippen LogP contribution is -2.56. The Balaban J connectivity index is 1.34. The Hall–Kier alpha value is -4.47. The molecule has 48 heavy (non-hydrogen) atoms. The number of piperazine rings is 1. The molecule has 0 bridgehead atoms. The zero-order valence-electron chi connectivity index (χ0n) is 25.9. The van der Waals surface area contributed by atoms with Crippen molar-refractivity contribution in [2.45, 2.75) is 37.0 Å². The zero-order chi connectivity index (χ0) is 33.7. The molecule has 248 valence electrons. The second-order valence-corrected chi connectivity index (χ2v) is 13.0. The number of carbonyl (C=O) groups excluding carboxylic acids is 1. The number of carbonyl (C=O) groups is 1. The molecule has 13 heteroatoms. The van der Waals surface area contributed by atoms with Gasteiger partial charge in [0.05, 0.1) is 10.6 Å². The standard InChI is InChI=1S/C35H31ClF4N6O2/c1-20(37)33(47)46-14-13-44(18-23(46)16-41-2)32-26-9-8-25(24-6-3-5-21-7-10-27(39)29(36)28(21)24)30(40)31(26)42-34(43-32)48-19-35-11-4-12-45(35)17-22(38)15-35/h3,5-10,22-23H,1,4,11-19H2/t22-,23+,35+/m1/s1. The quantitative estimate of drug-likeness (QED) is 0.122. The number of aromatic nitrogens is 2. The van der Waals surface area contributed by atoms with E-state index in [2.05, 4.69) is 21.3 Å². The molecule has 4 aromatic rings. The predicted octanol–water partition coefficient (Wildman–Crippen LogP) is 6.76. The maximum atomic E-state index is 16.8. The lowest BCUT2D eigenvalue weighted by Gasteiger charge is -2.39. The van der Waals surface area contributed by atoms with Gasteiger partial charge in [-0.25, -0.2) is 24.1 Å². The summed E-state index contributed by atoms with van der Waals surface area (Å²) >= 11 is 6.40. The molecule has 0 N–H and O–H groups in total. The van der Waals surface area contributed by atoms with Crippen LogP contribution in [0.2, 0.25) is 5.02 Å². The monoisotopic (exact) mass is 678 g/mol. The van der Waals surface area contributed by atoms with Gasteiger partial charge in [-0.1, -0.05) is 48.5 Å².